The lowest BCUT2D eigenvalue weighted by Crippen LogP contribution is -2.60. The lowest BCUT2D eigenvalue weighted by molar-refractivity contribution is -0.762. The van der Waals surface area contributed by atoms with Crippen LogP contribution in [-0.4, -0.2) is 21.7 Å². The number of thioether (sulfide) groups is 1. The van der Waals surface area contributed by atoms with Gasteiger partial charge in [0, 0.05) is 11.5 Å². The van der Waals surface area contributed by atoms with Crippen LogP contribution in [0.3, 0.4) is 0 Å². The first-order valence-electron chi connectivity index (χ1n) is 8.79. The van der Waals surface area contributed by atoms with Crippen LogP contribution in [0.2, 0.25) is 0 Å². The standard InChI is InChI=1S/C19H18N4O2S2/c1-3-15(24)22-13-9-6-5-8-12(13)16-17(25)20-19(26-4-2)21-23(16)18(22)14-10-7-11-27-14/h5-11,18H,3-4H2,1-2H3/p+1. The normalized spacial score (nSPS) is 15.3. The molecule has 1 N–H and O–H groups in total. The number of carbonyl (C=O) groups excluding carboxylic acids is 1. The predicted molar refractivity (Wildman–Crippen MR) is 107 cm³/mol. The molecule has 138 valence electrons. The monoisotopic (exact) mass is 399 g/mol. The van der Waals surface area contributed by atoms with Crippen molar-refractivity contribution >= 4 is 34.7 Å². The van der Waals surface area contributed by atoms with Crippen LogP contribution in [0.5, 0.6) is 0 Å². The topological polar surface area (TPSA) is 69.9 Å². The lowest BCUT2D eigenvalue weighted by Gasteiger charge is -2.31. The van der Waals surface area contributed by atoms with Gasteiger partial charge in [-0.15, -0.1) is 11.3 Å². The van der Waals surface area contributed by atoms with Crippen molar-refractivity contribution in [2.24, 2.45) is 0 Å². The van der Waals surface area contributed by atoms with Gasteiger partial charge in [-0.3, -0.25) is 14.6 Å². The van der Waals surface area contributed by atoms with Crippen LogP contribution in [0.25, 0.3) is 11.3 Å². The van der Waals surface area contributed by atoms with Crippen molar-refractivity contribution in [1.82, 2.24) is 10.1 Å². The zero-order valence-electron chi connectivity index (χ0n) is 15.0. The highest BCUT2D eigenvalue weighted by molar-refractivity contribution is 7.99. The minimum atomic E-state index is -0.471. The second-order valence-electron chi connectivity index (χ2n) is 6.01. The molecule has 1 aliphatic heterocycles. The third-order valence-corrected chi connectivity index (χ3v) is 6.07. The van der Waals surface area contributed by atoms with E-state index in [0.29, 0.717) is 22.8 Å². The van der Waals surface area contributed by atoms with E-state index in [0.717, 1.165) is 16.3 Å². The van der Waals surface area contributed by atoms with Crippen LogP contribution in [0.4, 0.5) is 5.69 Å². The molecular formula is C19H19N4O2S2+. The Morgan fingerprint density at radius 3 is 2.81 bits per heavy atom. The van der Waals surface area contributed by atoms with Crippen LogP contribution in [0.1, 0.15) is 31.3 Å². The molecule has 0 saturated carbocycles. The number of hydrogen-bond donors (Lipinski definition) is 1. The summed E-state index contributed by atoms with van der Waals surface area (Å²) in [4.78, 5) is 31.5. The van der Waals surface area contributed by atoms with E-state index < -0.39 is 6.17 Å². The number of fused-ring (bicyclic) bond motifs is 3. The molecule has 1 atom stereocenters. The van der Waals surface area contributed by atoms with Gasteiger partial charge in [0.25, 0.3) is 0 Å². The SMILES string of the molecule is CCSc1n[n+]2c(c(=O)[nH]1)-c1ccccc1N(C(=O)CC)C2c1cccs1. The average Bonchev–Trinajstić information content (AvgIpc) is 3.20. The van der Waals surface area contributed by atoms with Gasteiger partial charge in [0.05, 0.1) is 16.1 Å². The fourth-order valence-corrected chi connectivity index (χ4v) is 4.69. The first-order valence-corrected chi connectivity index (χ1v) is 10.7. The van der Waals surface area contributed by atoms with E-state index in [1.54, 1.807) is 20.9 Å². The molecule has 1 aromatic carbocycles. The van der Waals surface area contributed by atoms with Crippen molar-refractivity contribution in [3.63, 3.8) is 0 Å². The summed E-state index contributed by atoms with van der Waals surface area (Å²) in [6, 6.07) is 11.4. The molecule has 8 heteroatoms. The number of carbonyl (C=O) groups is 1. The van der Waals surface area contributed by atoms with Crippen molar-refractivity contribution in [2.75, 3.05) is 10.7 Å². The molecule has 0 aliphatic carbocycles. The van der Waals surface area contributed by atoms with E-state index in [-0.39, 0.29) is 11.5 Å². The smallest absolute Gasteiger partial charge is 0.291 e. The number of rotatable bonds is 4. The number of nitrogens with zero attached hydrogens (tertiary/aromatic N) is 3. The molecule has 0 bridgehead atoms. The van der Waals surface area contributed by atoms with Crippen molar-refractivity contribution < 1.29 is 9.48 Å². The van der Waals surface area contributed by atoms with Gasteiger partial charge in [0.2, 0.25) is 11.1 Å². The summed E-state index contributed by atoms with van der Waals surface area (Å²) in [5, 5.41) is 7.23. The Labute approximate surface area is 164 Å². The summed E-state index contributed by atoms with van der Waals surface area (Å²) in [5.74, 6) is 0.783. The number of H-pyrrole nitrogens is 1. The maximum atomic E-state index is 13.0. The second kappa shape index (κ2) is 7.28. The molecule has 0 spiro atoms. The van der Waals surface area contributed by atoms with Crippen molar-refractivity contribution in [1.29, 1.82) is 0 Å². The number of hydrogen-bond acceptors (Lipinski definition) is 5. The molecule has 3 aromatic rings. The van der Waals surface area contributed by atoms with Crippen LogP contribution in [0.15, 0.2) is 51.7 Å². The quantitative estimate of drug-likeness (QED) is 0.540. The number of amides is 1. The maximum absolute atomic E-state index is 13.0. The van der Waals surface area contributed by atoms with Gasteiger partial charge in [-0.1, -0.05) is 43.8 Å². The van der Waals surface area contributed by atoms with Gasteiger partial charge in [0.15, 0.2) is 0 Å². The number of thiophene rings is 1. The summed E-state index contributed by atoms with van der Waals surface area (Å²) in [6.07, 6.45) is -0.105. The van der Waals surface area contributed by atoms with E-state index in [1.165, 1.54) is 11.8 Å². The van der Waals surface area contributed by atoms with Gasteiger partial charge in [0.1, 0.15) is 0 Å². The number of aromatic amines is 1. The largest absolute Gasteiger partial charge is 0.325 e. The number of benzene rings is 1. The lowest BCUT2D eigenvalue weighted by atomic mass is 10.0. The van der Waals surface area contributed by atoms with E-state index in [1.807, 2.05) is 55.6 Å². The summed E-state index contributed by atoms with van der Waals surface area (Å²) in [7, 11) is 0. The third kappa shape index (κ3) is 2.98. The zero-order chi connectivity index (χ0) is 19.0. The molecule has 3 heterocycles. The zero-order valence-corrected chi connectivity index (χ0v) is 16.6. The summed E-state index contributed by atoms with van der Waals surface area (Å²) < 4.78 is 1.71. The second-order valence-corrected chi connectivity index (χ2v) is 8.24. The Kier molecular flexibility index (Phi) is 4.84. The minimum absolute atomic E-state index is 0.00854. The van der Waals surface area contributed by atoms with Crippen molar-refractivity contribution in [3.05, 3.63) is 57.0 Å². The van der Waals surface area contributed by atoms with Gasteiger partial charge in [-0.2, -0.15) is 0 Å². The predicted octanol–water partition coefficient (Wildman–Crippen LogP) is 3.20. The summed E-state index contributed by atoms with van der Waals surface area (Å²) >= 11 is 3.02. The third-order valence-electron chi connectivity index (χ3n) is 4.41. The Hall–Kier alpha value is -2.45. The molecule has 0 saturated heterocycles. The van der Waals surface area contributed by atoms with E-state index in [4.69, 9.17) is 5.10 Å². The summed E-state index contributed by atoms with van der Waals surface area (Å²) in [6.45, 7) is 3.86. The Morgan fingerprint density at radius 1 is 1.30 bits per heavy atom. The Balaban J connectivity index is 2.06. The van der Waals surface area contributed by atoms with Crippen molar-refractivity contribution in [3.8, 4) is 11.3 Å². The average molecular weight is 400 g/mol. The van der Waals surface area contributed by atoms with Crippen LogP contribution >= 0.6 is 23.1 Å². The van der Waals surface area contributed by atoms with Gasteiger partial charge in [-0.25, -0.2) is 4.90 Å². The maximum Gasteiger partial charge on any atom is 0.325 e. The molecule has 2 aromatic heterocycles. The molecule has 0 radical (unpaired) electrons. The highest BCUT2D eigenvalue weighted by atomic mass is 32.2. The molecule has 27 heavy (non-hydrogen) atoms. The molecule has 4 rings (SSSR count). The fourth-order valence-electron chi connectivity index (χ4n) is 3.31. The molecule has 0 fully saturated rings. The first-order chi connectivity index (χ1) is 13.2. The Morgan fingerprint density at radius 2 is 2.11 bits per heavy atom. The molecule has 6 nitrogen and oxygen atoms in total. The highest BCUT2D eigenvalue weighted by Crippen LogP contribution is 2.38. The molecule has 1 amide bonds. The van der Waals surface area contributed by atoms with Crippen molar-refractivity contribution in [2.45, 2.75) is 31.6 Å². The Bertz CT molecular complexity index is 1050. The first kappa shape index (κ1) is 17.9. The number of anilines is 1. The highest BCUT2D eigenvalue weighted by Gasteiger charge is 2.45. The fraction of sp³-hybridized carbons (Fsp3) is 0.263. The van der Waals surface area contributed by atoms with Crippen LogP contribution < -0.4 is 15.1 Å². The van der Waals surface area contributed by atoms with Gasteiger partial charge >= 0.3 is 17.4 Å². The van der Waals surface area contributed by atoms with E-state index in [9.17, 15) is 9.59 Å². The van der Waals surface area contributed by atoms with Crippen LogP contribution in [0, 0.1) is 0 Å². The number of nitrogens with one attached hydrogen (secondary N) is 1. The summed E-state index contributed by atoms with van der Waals surface area (Å²) in [5.41, 5.74) is 1.74. The van der Waals surface area contributed by atoms with Gasteiger partial charge < -0.3 is 0 Å². The number of aromatic nitrogens is 3. The molecule has 1 unspecified atom stereocenters. The number of para-hydroxylation sites is 1. The molecule has 1 aliphatic rings. The van der Waals surface area contributed by atoms with E-state index in [2.05, 4.69) is 4.98 Å². The van der Waals surface area contributed by atoms with E-state index >= 15 is 0 Å². The molecular weight excluding hydrogens is 380 g/mol. The van der Waals surface area contributed by atoms with Crippen LogP contribution in [-0.2, 0) is 4.79 Å². The van der Waals surface area contributed by atoms with Gasteiger partial charge in [-0.05, 0) is 34.0 Å². The minimum Gasteiger partial charge on any atom is -0.291 e.